The summed E-state index contributed by atoms with van der Waals surface area (Å²) in [5.41, 5.74) is 5.30. The van der Waals surface area contributed by atoms with Crippen LogP contribution in [0, 0.1) is 12.8 Å². The third-order valence-electron chi connectivity index (χ3n) is 6.26. The highest BCUT2D eigenvalue weighted by molar-refractivity contribution is 5.89. The summed E-state index contributed by atoms with van der Waals surface area (Å²) < 4.78 is 1.94. The topological polar surface area (TPSA) is 54.3 Å². The van der Waals surface area contributed by atoms with Gasteiger partial charge in [-0.05, 0) is 43.0 Å². The van der Waals surface area contributed by atoms with Crippen molar-refractivity contribution in [2.24, 2.45) is 5.92 Å². The van der Waals surface area contributed by atoms with E-state index in [0.29, 0.717) is 25.6 Å². The molecule has 2 aliphatic rings. The van der Waals surface area contributed by atoms with Crippen LogP contribution in [0.15, 0.2) is 71.5 Å². The number of pyridine rings is 1. The van der Waals surface area contributed by atoms with Crippen LogP contribution in [0.2, 0.25) is 0 Å². The second-order valence-electron chi connectivity index (χ2n) is 8.45. The van der Waals surface area contributed by atoms with Crippen LogP contribution in [-0.4, -0.2) is 28.6 Å². The van der Waals surface area contributed by atoms with E-state index in [-0.39, 0.29) is 17.5 Å². The number of carbonyl (C=O) groups is 1. The van der Waals surface area contributed by atoms with Gasteiger partial charge in [-0.25, -0.2) is 4.79 Å². The summed E-state index contributed by atoms with van der Waals surface area (Å²) in [5, 5.41) is 3.03. The molecule has 2 bridgehead atoms. The molecule has 0 spiro atoms. The second kappa shape index (κ2) is 7.48. The van der Waals surface area contributed by atoms with E-state index in [1.807, 2.05) is 64.9 Å². The maximum atomic E-state index is 13.0. The number of nitrogens with one attached hydrogen (secondary N) is 1. The first-order valence-corrected chi connectivity index (χ1v) is 10.5. The fourth-order valence-electron chi connectivity index (χ4n) is 4.88. The number of aromatic nitrogens is 1. The van der Waals surface area contributed by atoms with E-state index in [2.05, 4.69) is 17.4 Å². The van der Waals surface area contributed by atoms with Crippen molar-refractivity contribution >= 4 is 11.7 Å². The number of rotatable bonds is 2. The number of hydrogen-bond acceptors (Lipinski definition) is 2. The van der Waals surface area contributed by atoms with Crippen LogP contribution < -0.4 is 10.9 Å². The van der Waals surface area contributed by atoms with Gasteiger partial charge in [0.05, 0.1) is 0 Å². The van der Waals surface area contributed by atoms with Crippen molar-refractivity contribution < 1.29 is 4.79 Å². The van der Waals surface area contributed by atoms with E-state index in [1.54, 1.807) is 6.07 Å². The van der Waals surface area contributed by atoms with Gasteiger partial charge in [0, 0.05) is 48.6 Å². The van der Waals surface area contributed by atoms with Crippen LogP contribution >= 0.6 is 0 Å². The van der Waals surface area contributed by atoms with E-state index in [9.17, 15) is 9.59 Å². The van der Waals surface area contributed by atoms with E-state index in [4.69, 9.17) is 0 Å². The molecule has 30 heavy (non-hydrogen) atoms. The molecule has 5 heteroatoms. The summed E-state index contributed by atoms with van der Waals surface area (Å²) in [5.74, 6) is 0.453. The number of fused-ring (bicyclic) bond motifs is 4. The van der Waals surface area contributed by atoms with Crippen LogP contribution in [0.3, 0.4) is 0 Å². The Morgan fingerprint density at radius 3 is 2.47 bits per heavy atom. The Morgan fingerprint density at radius 2 is 1.70 bits per heavy atom. The molecule has 1 fully saturated rings. The van der Waals surface area contributed by atoms with Gasteiger partial charge < -0.3 is 14.8 Å². The molecule has 2 unspecified atom stereocenters. The molecule has 2 amide bonds. The van der Waals surface area contributed by atoms with Gasteiger partial charge in [0.25, 0.3) is 5.56 Å². The number of anilines is 1. The van der Waals surface area contributed by atoms with Crippen molar-refractivity contribution in [2.75, 3.05) is 18.4 Å². The third kappa shape index (κ3) is 3.41. The van der Waals surface area contributed by atoms with Gasteiger partial charge in [-0.15, -0.1) is 0 Å². The molecular weight excluding hydrogens is 374 g/mol. The average Bonchev–Trinajstić information content (AvgIpc) is 2.76. The number of carbonyl (C=O) groups excluding carboxylic acids is 1. The highest BCUT2D eigenvalue weighted by Crippen LogP contribution is 2.39. The van der Waals surface area contributed by atoms with Crippen molar-refractivity contribution in [1.29, 1.82) is 0 Å². The lowest BCUT2D eigenvalue weighted by atomic mass is 9.80. The molecule has 1 aromatic heterocycles. The van der Waals surface area contributed by atoms with E-state index < -0.39 is 0 Å². The predicted octanol–water partition coefficient (Wildman–Crippen LogP) is 4.47. The SMILES string of the molecule is Cc1ccc(NC(=O)N2CC3CC(C2)c2c(-c4ccccc4)ccc(=O)n2C3)cc1. The van der Waals surface area contributed by atoms with Crippen LogP contribution in [0.1, 0.15) is 23.6 Å². The molecule has 3 aromatic rings. The zero-order valence-electron chi connectivity index (χ0n) is 17.0. The first kappa shape index (κ1) is 18.7. The second-order valence-corrected chi connectivity index (χ2v) is 8.45. The minimum absolute atomic E-state index is 0.0527. The van der Waals surface area contributed by atoms with Crippen molar-refractivity contribution in [3.63, 3.8) is 0 Å². The Morgan fingerprint density at radius 1 is 0.933 bits per heavy atom. The van der Waals surface area contributed by atoms with Crippen molar-refractivity contribution in [1.82, 2.24) is 9.47 Å². The minimum Gasteiger partial charge on any atom is -0.324 e. The quantitative estimate of drug-likeness (QED) is 0.691. The third-order valence-corrected chi connectivity index (χ3v) is 6.26. The summed E-state index contributed by atoms with van der Waals surface area (Å²) in [6.45, 7) is 3.99. The van der Waals surface area contributed by atoms with E-state index >= 15 is 0 Å². The van der Waals surface area contributed by atoms with Crippen LogP contribution in [0.4, 0.5) is 10.5 Å². The number of amides is 2. The number of hydrogen-bond donors (Lipinski definition) is 1. The summed E-state index contributed by atoms with van der Waals surface area (Å²) in [6.07, 6.45) is 1.01. The van der Waals surface area contributed by atoms with Crippen LogP contribution in [0.25, 0.3) is 11.1 Å². The molecule has 2 atom stereocenters. The first-order chi connectivity index (χ1) is 14.6. The predicted molar refractivity (Wildman–Crippen MR) is 119 cm³/mol. The van der Waals surface area contributed by atoms with Gasteiger partial charge in [0.2, 0.25) is 0 Å². The van der Waals surface area contributed by atoms with Crippen molar-refractivity contribution in [3.05, 3.63) is 88.3 Å². The average molecular weight is 399 g/mol. The standard InChI is InChI=1S/C25H25N3O2/c1-17-7-9-21(10-8-17)26-25(30)27-14-18-13-20(16-27)24-22(19-5-3-2-4-6-19)11-12-23(29)28(24)15-18/h2-12,18,20H,13-16H2,1H3,(H,26,30). The fraction of sp³-hybridized carbons (Fsp3) is 0.280. The first-order valence-electron chi connectivity index (χ1n) is 10.5. The Bertz CT molecular complexity index is 1140. The largest absolute Gasteiger partial charge is 0.324 e. The molecule has 2 aliphatic heterocycles. The van der Waals surface area contributed by atoms with Gasteiger partial charge in [-0.3, -0.25) is 4.79 Å². The molecule has 5 rings (SSSR count). The molecular formula is C25H25N3O2. The van der Waals surface area contributed by atoms with Crippen molar-refractivity contribution in [3.8, 4) is 11.1 Å². The molecule has 152 valence electrons. The van der Waals surface area contributed by atoms with Gasteiger partial charge in [0.1, 0.15) is 0 Å². The van der Waals surface area contributed by atoms with Gasteiger partial charge >= 0.3 is 6.03 Å². The minimum atomic E-state index is -0.0680. The monoisotopic (exact) mass is 399 g/mol. The summed E-state index contributed by atoms with van der Waals surface area (Å²) in [4.78, 5) is 27.5. The number of piperidine rings is 1. The number of urea groups is 1. The zero-order chi connectivity index (χ0) is 20.7. The van der Waals surface area contributed by atoms with Gasteiger partial charge in [-0.2, -0.15) is 0 Å². The molecule has 0 aliphatic carbocycles. The van der Waals surface area contributed by atoms with E-state index in [0.717, 1.165) is 34.5 Å². The molecule has 3 heterocycles. The molecule has 1 saturated heterocycles. The Hall–Kier alpha value is -3.34. The molecule has 2 aromatic carbocycles. The smallest absolute Gasteiger partial charge is 0.321 e. The van der Waals surface area contributed by atoms with Crippen LogP contribution in [-0.2, 0) is 6.54 Å². The summed E-state index contributed by atoms with van der Waals surface area (Å²) in [7, 11) is 0. The molecule has 5 nitrogen and oxygen atoms in total. The number of likely N-dealkylation sites (tertiary alicyclic amines) is 1. The maximum Gasteiger partial charge on any atom is 0.321 e. The summed E-state index contributed by atoms with van der Waals surface area (Å²) >= 11 is 0. The normalized spacial score (nSPS) is 19.8. The lowest BCUT2D eigenvalue weighted by Gasteiger charge is -2.43. The van der Waals surface area contributed by atoms with Crippen molar-refractivity contribution in [2.45, 2.75) is 25.8 Å². The van der Waals surface area contributed by atoms with Gasteiger partial charge in [-0.1, -0.05) is 48.0 Å². The van der Waals surface area contributed by atoms with E-state index in [1.165, 1.54) is 0 Å². The number of benzene rings is 2. The highest BCUT2D eigenvalue weighted by Gasteiger charge is 2.37. The lowest BCUT2D eigenvalue weighted by Crippen LogP contribution is -2.50. The Kier molecular flexibility index (Phi) is 4.66. The summed E-state index contributed by atoms with van der Waals surface area (Å²) in [6, 6.07) is 21.6. The zero-order valence-corrected chi connectivity index (χ0v) is 17.0. The van der Waals surface area contributed by atoms with Crippen LogP contribution in [0.5, 0.6) is 0 Å². The Labute approximate surface area is 176 Å². The molecule has 0 saturated carbocycles. The molecule has 0 radical (unpaired) electrons. The number of nitrogens with zero attached hydrogens (tertiary/aromatic N) is 2. The van der Waals surface area contributed by atoms with Gasteiger partial charge in [0.15, 0.2) is 0 Å². The fourth-order valence-corrected chi connectivity index (χ4v) is 4.88. The Balaban J connectivity index is 1.45. The maximum absolute atomic E-state index is 13.0. The highest BCUT2D eigenvalue weighted by atomic mass is 16.2. The number of aryl methyl sites for hydroxylation is 1. The molecule has 1 N–H and O–H groups in total. The lowest BCUT2D eigenvalue weighted by molar-refractivity contribution is 0.140.